The maximum Gasteiger partial charge on any atom is 0.411 e. The van der Waals surface area contributed by atoms with Crippen LogP contribution >= 0.6 is 0 Å². The van der Waals surface area contributed by atoms with E-state index in [-0.39, 0.29) is 0 Å². The Balaban J connectivity index is 1.94. The van der Waals surface area contributed by atoms with Gasteiger partial charge in [0.2, 0.25) is 5.41 Å². The minimum Gasteiger partial charge on any atom is -0.169 e. The van der Waals surface area contributed by atoms with Gasteiger partial charge in [0.05, 0.1) is 0 Å². The molecule has 0 aliphatic heterocycles. The number of hydrogen-bond acceptors (Lipinski definition) is 0. The molecule has 0 nitrogen and oxygen atoms in total. The molecule has 2 aromatic carbocycles. The van der Waals surface area contributed by atoms with Crippen molar-refractivity contribution in [3.8, 4) is 0 Å². The normalized spacial score (nSPS) is 20.2. The van der Waals surface area contributed by atoms with Crippen LogP contribution in [0.5, 0.6) is 0 Å². The first-order chi connectivity index (χ1) is 14.9. The zero-order valence-electron chi connectivity index (χ0n) is 18.4. The van der Waals surface area contributed by atoms with Crippen molar-refractivity contribution in [3.05, 3.63) is 82.4 Å². The van der Waals surface area contributed by atoms with Gasteiger partial charge >= 0.3 is 12.4 Å². The van der Waals surface area contributed by atoms with E-state index in [1.807, 2.05) is 0 Å². The highest BCUT2D eigenvalue weighted by Crippen LogP contribution is 2.56. The van der Waals surface area contributed by atoms with Crippen molar-refractivity contribution in [2.75, 3.05) is 0 Å². The zero-order chi connectivity index (χ0) is 23.7. The van der Waals surface area contributed by atoms with Gasteiger partial charge in [0, 0.05) is 0 Å². The summed E-state index contributed by atoms with van der Waals surface area (Å²) < 4.78 is 85.1. The molecule has 0 saturated heterocycles. The summed E-state index contributed by atoms with van der Waals surface area (Å²) in [6.45, 7) is 5.91. The maximum absolute atomic E-state index is 14.2. The first kappa shape index (κ1) is 24.4. The molecule has 0 radical (unpaired) electrons. The van der Waals surface area contributed by atoms with E-state index in [1.165, 1.54) is 29.8 Å². The van der Waals surface area contributed by atoms with Crippen LogP contribution in [0.15, 0.2) is 60.2 Å². The second kappa shape index (κ2) is 8.95. The first-order valence-electron chi connectivity index (χ1n) is 10.8. The Bertz CT molecular complexity index is 918. The Morgan fingerprint density at radius 3 is 1.75 bits per heavy atom. The van der Waals surface area contributed by atoms with Crippen LogP contribution in [-0.2, 0) is 11.8 Å². The molecule has 0 saturated carbocycles. The summed E-state index contributed by atoms with van der Waals surface area (Å²) in [4.78, 5) is 0. The number of halogens is 6. The monoisotopic (exact) mass is 454 g/mol. The summed E-state index contributed by atoms with van der Waals surface area (Å²) >= 11 is 0. The third-order valence-corrected chi connectivity index (χ3v) is 6.74. The Labute approximate surface area is 185 Å². The lowest BCUT2D eigenvalue weighted by molar-refractivity contribution is -0.288. The maximum atomic E-state index is 14.2. The van der Waals surface area contributed by atoms with Crippen molar-refractivity contribution in [1.29, 1.82) is 0 Å². The third-order valence-electron chi connectivity index (χ3n) is 6.74. The second-order valence-corrected chi connectivity index (χ2v) is 9.07. The molecule has 6 heteroatoms. The third kappa shape index (κ3) is 4.60. The van der Waals surface area contributed by atoms with Crippen LogP contribution in [0.25, 0.3) is 0 Å². The average molecular weight is 454 g/mol. The number of benzene rings is 2. The Morgan fingerprint density at radius 1 is 0.781 bits per heavy atom. The predicted octanol–water partition coefficient (Wildman–Crippen LogP) is 8.33. The van der Waals surface area contributed by atoms with Gasteiger partial charge in [0.15, 0.2) is 0 Å². The van der Waals surface area contributed by atoms with Crippen molar-refractivity contribution in [3.63, 3.8) is 0 Å². The number of rotatable bonds is 5. The zero-order valence-corrected chi connectivity index (χ0v) is 18.4. The molecule has 0 spiro atoms. The standard InChI is InChI=1S/C26H28F6/c1-17-5-12-22(13-6-17)24(25(27,28)29,26(30,31)32)23-14-8-20(9-15-23)7-11-21-10-4-18(2)16-19(21)3/h4-6,8-9,12-15,19,21H,7,10-11,16H2,1-3H3. The highest BCUT2D eigenvalue weighted by atomic mass is 19.4. The van der Waals surface area contributed by atoms with Crippen molar-refractivity contribution in [2.45, 2.75) is 64.2 Å². The van der Waals surface area contributed by atoms with E-state index in [0.29, 0.717) is 23.8 Å². The largest absolute Gasteiger partial charge is 0.411 e. The van der Waals surface area contributed by atoms with Gasteiger partial charge < -0.3 is 0 Å². The molecular formula is C26H28F6. The van der Waals surface area contributed by atoms with Gasteiger partial charge in [-0.2, -0.15) is 26.3 Å². The van der Waals surface area contributed by atoms with E-state index in [2.05, 4.69) is 19.9 Å². The molecule has 0 aromatic heterocycles. The molecule has 1 aliphatic rings. The minimum absolute atomic E-state index is 0.468. The summed E-state index contributed by atoms with van der Waals surface area (Å²) in [5, 5.41) is 0. The number of allylic oxidation sites excluding steroid dienone is 2. The fraction of sp³-hybridized carbons (Fsp3) is 0.462. The molecule has 0 amide bonds. The first-order valence-corrected chi connectivity index (χ1v) is 10.8. The number of aryl methyl sites for hydroxylation is 2. The molecule has 0 bridgehead atoms. The second-order valence-electron chi connectivity index (χ2n) is 9.07. The summed E-state index contributed by atoms with van der Waals surface area (Å²) in [6, 6.07) is 9.19. The van der Waals surface area contributed by atoms with E-state index in [1.54, 1.807) is 6.92 Å². The van der Waals surface area contributed by atoms with E-state index in [4.69, 9.17) is 0 Å². The smallest absolute Gasteiger partial charge is 0.169 e. The summed E-state index contributed by atoms with van der Waals surface area (Å²) in [5.74, 6) is 0.985. The van der Waals surface area contributed by atoms with E-state index in [9.17, 15) is 26.3 Å². The van der Waals surface area contributed by atoms with Crippen molar-refractivity contribution < 1.29 is 26.3 Å². The lowest BCUT2D eigenvalue weighted by Gasteiger charge is -2.38. The molecule has 0 N–H and O–H groups in total. The fourth-order valence-electron chi connectivity index (χ4n) is 4.80. The fourth-order valence-corrected chi connectivity index (χ4v) is 4.80. The molecule has 0 heterocycles. The van der Waals surface area contributed by atoms with Crippen LogP contribution < -0.4 is 0 Å². The van der Waals surface area contributed by atoms with Gasteiger partial charge in [-0.25, -0.2) is 0 Å². The highest BCUT2D eigenvalue weighted by molar-refractivity contribution is 5.45. The van der Waals surface area contributed by atoms with Gasteiger partial charge in [0.25, 0.3) is 0 Å². The van der Waals surface area contributed by atoms with Gasteiger partial charge in [0.1, 0.15) is 0 Å². The lowest BCUT2D eigenvalue weighted by Crippen LogP contribution is -2.54. The highest BCUT2D eigenvalue weighted by Gasteiger charge is 2.72. The summed E-state index contributed by atoms with van der Waals surface area (Å²) in [5.41, 5.74) is -3.01. The molecule has 1 aliphatic carbocycles. The number of hydrogen-bond donors (Lipinski definition) is 0. The predicted molar refractivity (Wildman–Crippen MR) is 114 cm³/mol. The van der Waals surface area contributed by atoms with E-state index >= 15 is 0 Å². The van der Waals surface area contributed by atoms with Gasteiger partial charge in [-0.15, -0.1) is 0 Å². The Morgan fingerprint density at radius 2 is 1.28 bits per heavy atom. The molecular weight excluding hydrogens is 426 g/mol. The molecule has 3 rings (SSSR count). The van der Waals surface area contributed by atoms with Crippen molar-refractivity contribution >= 4 is 0 Å². The van der Waals surface area contributed by atoms with Gasteiger partial charge in [-0.3, -0.25) is 0 Å². The van der Waals surface area contributed by atoms with E-state index in [0.717, 1.165) is 49.1 Å². The minimum atomic E-state index is -5.55. The molecule has 0 fully saturated rings. The summed E-state index contributed by atoms with van der Waals surface area (Å²) in [6.07, 6.45) is -5.42. The van der Waals surface area contributed by atoms with Crippen LogP contribution in [-0.4, -0.2) is 12.4 Å². The Hall–Kier alpha value is -2.24. The van der Waals surface area contributed by atoms with Crippen LogP contribution in [0.4, 0.5) is 26.3 Å². The van der Waals surface area contributed by atoms with Crippen LogP contribution in [0, 0.1) is 18.8 Å². The van der Waals surface area contributed by atoms with Crippen LogP contribution in [0.1, 0.15) is 55.4 Å². The molecule has 2 aromatic rings. The van der Waals surface area contributed by atoms with Crippen molar-refractivity contribution in [2.24, 2.45) is 11.8 Å². The topological polar surface area (TPSA) is 0 Å². The Kier molecular flexibility index (Phi) is 6.83. The van der Waals surface area contributed by atoms with Gasteiger partial charge in [-0.1, -0.05) is 72.7 Å². The average Bonchev–Trinajstić information content (AvgIpc) is 2.68. The molecule has 2 unspecified atom stereocenters. The van der Waals surface area contributed by atoms with E-state index < -0.39 is 28.9 Å². The van der Waals surface area contributed by atoms with Crippen molar-refractivity contribution in [1.82, 2.24) is 0 Å². The molecule has 2 atom stereocenters. The summed E-state index contributed by atoms with van der Waals surface area (Å²) in [7, 11) is 0. The SMILES string of the molecule is CC1=CCC(CCc2ccc(C(c3ccc(C)cc3)(C(F)(F)F)C(F)(F)F)cc2)C(C)C1. The van der Waals surface area contributed by atoms with Crippen LogP contribution in [0.3, 0.4) is 0 Å². The van der Waals surface area contributed by atoms with Crippen LogP contribution in [0.2, 0.25) is 0 Å². The number of alkyl halides is 6. The lowest BCUT2D eigenvalue weighted by atomic mass is 9.72. The van der Waals surface area contributed by atoms with Gasteiger partial charge in [-0.05, 0) is 68.1 Å². The quantitative estimate of drug-likeness (QED) is 0.315. The molecule has 174 valence electrons. The molecule has 32 heavy (non-hydrogen) atoms.